The van der Waals surface area contributed by atoms with E-state index in [1.807, 2.05) is 0 Å². The van der Waals surface area contributed by atoms with Crippen LogP contribution in [0.15, 0.2) is 53.6 Å². The lowest BCUT2D eigenvalue weighted by molar-refractivity contribution is -0.138. The number of nitrogens with zero attached hydrogens (tertiary/aromatic N) is 7. The van der Waals surface area contributed by atoms with Crippen molar-refractivity contribution in [3.05, 3.63) is 103 Å². The van der Waals surface area contributed by atoms with E-state index in [-0.39, 0.29) is 13.0 Å². The number of nitrogens with two attached hydrogens (primary N) is 1. The van der Waals surface area contributed by atoms with Crippen molar-refractivity contribution in [3.63, 3.8) is 0 Å². The molecule has 7 N–H and O–H groups in total. The minimum Gasteiger partial charge on any atom is -0.491 e. The van der Waals surface area contributed by atoms with Crippen LogP contribution >= 0.6 is 0 Å². The van der Waals surface area contributed by atoms with Gasteiger partial charge in [0.2, 0.25) is 0 Å². The number of fused-ring (bicyclic) bond motifs is 12. The van der Waals surface area contributed by atoms with Gasteiger partial charge in [-0.25, -0.2) is 0 Å². The summed E-state index contributed by atoms with van der Waals surface area (Å²) in [7, 11) is 0. The fourth-order valence-electron chi connectivity index (χ4n) is 18.1. The van der Waals surface area contributed by atoms with Gasteiger partial charge in [-0.05, 0) is 103 Å². The van der Waals surface area contributed by atoms with E-state index in [0.29, 0.717) is 134 Å². The summed E-state index contributed by atoms with van der Waals surface area (Å²) in [6, 6.07) is 20.1. The number of hydrogen-bond acceptors (Lipinski definition) is 19. The van der Waals surface area contributed by atoms with Crippen molar-refractivity contribution in [3.8, 4) is 35.3 Å². The van der Waals surface area contributed by atoms with Crippen molar-refractivity contribution >= 4 is 28.7 Å². The van der Waals surface area contributed by atoms with Crippen molar-refractivity contribution in [1.29, 1.82) is 0 Å². The van der Waals surface area contributed by atoms with Crippen LogP contribution in [0, 0.1) is 12.3 Å². The van der Waals surface area contributed by atoms with Gasteiger partial charge in [0, 0.05) is 189 Å². The zero-order valence-electron chi connectivity index (χ0n) is 56.2. The molecule has 8 atom stereocenters. The molecule has 4 fully saturated rings. The first kappa shape index (κ1) is 67.8. The summed E-state index contributed by atoms with van der Waals surface area (Å²) in [6.45, 7) is 19.2. The molecule has 22 nitrogen and oxygen atoms in total. The predicted molar refractivity (Wildman–Crippen MR) is 373 cm³/mol. The maximum Gasteiger partial charge on any atom is 0.305 e. The number of hydrogen-bond donors (Lipinski definition) is 6. The second-order valence-electron chi connectivity index (χ2n) is 27.2. The average molecular weight is 1320 g/mol. The summed E-state index contributed by atoms with van der Waals surface area (Å²) >= 11 is 0. The number of aliphatic carboxylic acids is 1. The first-order valence-electron chi connectivity index (χ1n) is 36.2. The number of benzene rings is 4. The van der Waals surface area contributed by atoms with Gasteiger partial charge in [0.25, 0.3) is 0 Å². The number of anilines is 4. The Morgan fingerprint density at radius 1 is 0.490 bits per heavy atom. The molecule has 0 unspecified atom stereocenters. The second kappa shape index (κ2) is 33.2. The Morgan fingerprint density at radius 3 is 1.15 bits per heavy atom. The van der Waals surface area contributed by atoms with Crippen LogP contribution in [0.5, 0.6) is 23.0 Å². The van der Waals surface area contributed by atoms with E-state index in [0.717, 1.165) is 102 Å². The molecular weight excluding hydrogens is 1220 g/mol. The Balaban J connectivity index is 0.000000116. The van der Waals surface area contributed by atoms with Crippen LogP contribution in [0.3, 0.4) is 0 Å². The monoisotopic (exact) mass is 1320 g/mol. The first-order chi connectivity index (χ1) is 47.4. The molecule has 0 saturated heterocycles. The van der Waals surface area contributed by atoms with Gasteiger partial charge in [-0.2, -0.15) is 0 Å². The zero-order valence-corrected chi connectivity index (χ0v) is 56.2. The van der Waals surface area contributed by atoms with Crippen molar-refractivity contribution < 1.29 is 47.8 Å². The van der Waals surface area contributed by atoms with Crippen molar-refractivity contribution in [1.82, 2.24) is 21.3 Å². The van der Waals surface area contributed by atoms with Gasteiger partial charge in [-0.15, -0.1) is 6.42 Å². The summed E-state index contributed by atoms with van der Waals surface area (Å²) in [5.74, 6) is 8.30. The third-order valence-corrected chi connectivity index (χ3v) is 21.8. The lowest BCUT2D eigenvalue weighted by Gasteiger charge is -2.26. The van der Waals surface area contributed by atoms with E-state index in [1.165, 1.54) is 144 Å². The molecule has 12 aliphatic rings. The van der Waals surface area contributed by atoms with Crippen LogP contribution in [0.1, 0.15) is 152 Å². The number of nitrogens with one attached hydrogen (secondary N) is 4. The smallest absolute Gasteiger partial charge is 0.305 e. The van der Waals surface area contributed by atoms with Crippen LogP contribution in [0.2, 0.25) is 0 Å². The molecule has 0 aromatic heterocycles. The molecule has 8 heterocycles. The van der Waals surface area contributed by atoms with Crippen molar-refractivity contribution in [2.24, 2.45) is 10.8 Å². The third-order valence-electron chi connectivity index (χ3n) is 21.8. The Bertz CT molecular complexity index is 3280. The summed E-state index contributed by atoms with van der Waals surface area (Å²) in [5.41, 5.74) is 30.8. The van der Waals surface area contributed by atoms with E-state index in [2.05, 4.69) is 105 Å². The molecule has 4 aliphatic carbocycles. The molecule has 0 amide bonds. The standard InChI is InChI=1S/C19H26N2O4.C19H24N2O2.C18H25N5O2.C18H27N3O2/c22-17(23)6-9-24-10-11-25-16-5-4-13-12-20-7-8-21-15-3-1-2-14(15)18(16)19(13)21;1-2-10-22-11-12-23-17-7-6-14-13-20-8-9-21-16-5-3-4-15(16)18(17)19(14)21;19-22-21-7-9-24-10-11-25-16-5-4-13-12-20-6-8-23-15-3-1-2-14(15)17(16)18(13)23;19-6-9-22-10-11-23-16-5-4-13-12-20-7-8-21-15-3-1-2-14(15)17(16)18(13)21/h4-5,14-15,20H,1-3,6-12H2,(H,22,23);1,6-7,15-16,20H,3-5,8-13H2;4-5,14-15,20H,1-3,6-12H2;4-5,14-15,20H,1-3,6-12,19H2/t14-,15+;15-,16+;2*14-,15+/m0000/s1. The number of carbonyl (C=O) groups is 1. The third kappa shape index (κ3) is 14.8. The number of azide groups is 1. The Hall–Kier alpha value is -6.74. The highest BCUT2D eigenvalue weighted by Gasteiger charge is 2.49. The molecule has 4 aromatic carbocycles. The van der Waals surface area contributed by atoms with Crippen LogP contribution in [-0.2, 0) is 49.9 Å². The molecular formula is C74H102N12O10. The van der Waals surface area contributed by atoms with Crippen LogP contribution in [-0.4, -0.2) is 180 Å². The number of carboxylic acids is 1. The zero-order chi connectivity index (χ0) is 65.6. The highest BCUT2D eigenvalue weighted by atomic mass is 16.5. The maximum absolute atomic E-state index is 10.5. The quantitative estimate of drug-likeness (QED) is 0.0119. The maximum atomic E-state index is 10.5. The fraction of sp³-hybridized carbons (Fsp3) is 0.635. The highest BCUT2D eigenvalue weighted by Crippen LogP contribution is 2.58. The first-order valence-corrected chi connectivity index (χ1v) is 36.2. The lowest BCUT2D eigenvalue weighted by atomic mass is 9.95. The Labute approximate surface area is 566 Å². The van der Waals surface area contributed by atoms with E-state index in [9.17, 15) is 4.79 Å². The molecule has 22 heteroatoms. The van der Waals surface area contributed by atoms with Gasteiger partial charge in [0.05, 0.1) is 52.7 Å². The average Bonchev–Trinajstić information content (AvgIpc) is 1.61. The SMILES string of the molecule is C#CCOCCOc1ccc2c3c1[C@H]1CCC[C@H]1N3CCNC2.NCCOCCOc1ccc2c3c1[C@H]1CCC[C@H]1N3CCNC2.O=C(O)CCOCCOc1ccc2c3c1[C@H]1CCC[C@H]1N3CCNC2.[N-]=[N+]=NCCOCCOc1ccc2c3c1[C@H]1CCC[C@H]1N3CCNC2. The molecule has 4 aromatic rings. The second-order valence-corrected chi connectivity index (χ2v) is 27.2. The molecule has 518 valence electrons. The van der Waals surface area contributed by atoms with Crippen LogP contribution < -0.4 is 65.5 Å². The molecule has 96 heavy (non-hydrogen) atoms. The number of rotatable bonds is 25. The number of ether oxygens (including phenoxy) is 8. The van der Waals surface area contributed by atoms with Gasteiger partial charge in [0.15, 0.2) is 0 Å². The molecule has 8 aliphatic heterocycles. The highest BCUT2D eigenvalue weighted by molar-refractivity contribution is 5.75. The van der Waals surface area contributed by atoms with E-state index >= 15 is 0 Å². The molecule has 0 spiro atoms. The van der Waals surface area contributed by atoms with Gasteiger partial charge in [0.1, 0.15) is 56.0 Å². The predicted octanol–water partition coefficient (Wildman–Crippen LogP) is 8.94. The van der Waals surface area contributed by atoms with E-state index in [4.69, 9.17) is 60.7 Å². The summed E-state index contributed by atoms with van der Waals surface area (Å²) in [4.78, 5) is 23.7. The van der Waals surface area contributed by atoms with Crippen LogP contribution in [0.4, 0.5) is 22.7 Å². The van der Waals surface area contributed by atoms with Gasteiger partial charge in [-0.3, -0.25) is 4.79 Å². The number of terminal acetylenes is 1. The van der Waals surface area contributed by atoms with Gasteiger partial charge < -0.3 is 89.6 Å². The molecule has 0 radical (unpaired) electrons. The normalized spacial score (nSPS) is 24.3. The minimum absolute atomic E-state index is 0.0375. The lowest BCUT2D eigenvalue weighted by Crippen LogP contribution is -2.35. The van der Waals surface area contributed by atoms with Crippen molar-refractivity contribution in [2.45, 2.75) is 157 Å². The summed E-state index contributed by atoms with van der Waals surface area (Å²) in [6.07, 6.45) is 20.8. The van der Waals surface area contributed by atoms with Crippen molar-refractivity contribution in [2.75, 3.05) is 164 Å². The van der Waals surface area contributed by atoms with Gasteiger partial charge in [-0.1, -0.05) is 61.0 Å². The van der Waals surface area contributed by atoms with Crippen LogP contribution in [0.25, 0.3) is 10.4 Å². The Morgan fingerprint density at radius 2 is 0.823 bits per heavy atom. The number of carboxylic acid groups (broad SMARTS) is 1. The minimum atomic E-state index is -0.833. The molecule has 16 rings (SSSR count). The largest absolute Gasteiger partial charge is 0.491 e. The topological polar surface area (TPSA) is 247 Å². The summed E-state index contributed by atoms with van der Waals surface area (Å²) in [5, 5.41) is 26.2. The fourth-order valence-corrected chi connectivity index (χ4v) is 18.1. The Kier molecular flexibility index (Phi) is 23.5. The molecule has 0 bridgehead atoms. The van der Waals surface area contributed by atoms with Gasteiger partial charge >= 0.3 is 5.97 Å². The van der Waals surface area contributed by atoms with E-state index in [1.54, 1.807) is 0 Å². The van der Waals surface area contributed by atoms with E-state index < -0.39 is 5.97 Å². The summed E-state index contributed by atoms with van der Waals surface area (Å²) < 4.78 is 45.9. The molecule has 4 saturated carbocycles.